The van der Waals surface area contributed by atoms with Crippen LogP contribution < -0.4 is 5.73 Å². The van der Waals surface area contributed by atoms with Crippen LogP contribution in [-0.4, -0.2) is 53.9 Å². The predicted octanol–water partition coefficient (Wildman–Crippen LogP) is 2.80. The van der Waals surface area contributed by atoms with Crippen LogP contribution in [-0.2, 0) is 15.1 Å². The maximum Gasteiger partial charge on any atom is 0.225 e. The maximum absolute atomic E-state index is 13.8. The zero-order valence-electron chi connectivity index (χ0n) is 19.1. The van der Waals surface area contributed by atoms with Crippen LogP contribution in [0.15, 0.2) is 65.4 Å². The van der Waals surface area contributed by atoms with Crippen molar-refractivity contribution in [2.45, 2.75) is 30.9 Å². The Hall–Kier alpha value is -4.02. The molecule has 0 amide bonds. The molecule has 5 heterocycles. The van der Waals surface area contributed by atoms with E-state index in [0.717, 1.165) is 5.56 Å². The van der Waals surface area contributed by atoms with Gasteiger partial charge in [0.2, 0.25) is 11.8 Å². The number of benzene rings is 1. The van der Waals surface area contributed by atoms with Gasteiger partial charge in [0.1, 0.15) is 16.8 Å². The largest absolute Gasteiger partial charge is 0.461 e. The molecule has 0 bridgehead atoms. The van der Waals surface area contributed by atoms with Crippen molar-refractivity contribution < 1.29 is 19.1 Å². The number of ether oxygens (including phenoxy) is 1. The number of hydrogen-bond acceptors (Lipinski definition) is 8. The molecule has 1 aliphatic heterocycles. The van der Waals surface area contributed by atoms with E-state index in [1.807, 2.05) is 54.1 Å². The molecule has 10 nitrogen and oxygen atoms in total. The van der Waals surface area contributed by atoms with Gasteiger partial charge in [-0.15, -0.1) is 5.10 Å². The van der Waals surface area contributed by atoms with Gasteiger partial charge in [0.05, 0.1) is 24.9 Å². The molecule has 0 saturated carbocycles. The highest BCUT2D eigenvalue weighted by Gasteiger charge is 2.42. The summed E-state index contributed by atoms with van der Waals surface area (Å²) < 4.78 is 13.9. The van der Waals surface area contributed by atoms with Crippen molar-refractivity contribution in [1.82, 2.24) is 24.1 Å². The minimum atomic E-state index is -1.09. The van der Waals surface area contributed by atoms with Crippen LogP contribution in [0.2, 0.25) is 0 Å². The number of hydrogen-bond donors (Lipinski definition) is 2. The van der Waals surface area contributed by atoms with Crippen LogP contribution in [0.3, 0.4) is 0 Å². The molecule has 4 aromatic heterocycles. The van der Waals surface area contributed by atoms with Crippen LogP contribution in [0.25, 0.3) is 28.3 Å². The Labute approximate surface area is 200 Å². The molecule has 1 aromatic carbocycles. The number of furan rings is 1. The summed E-state index contributed by atoms with van der Waals surface area (Å²) in [6.07, 6.45) is 3.88. The SMILES string of the molecule is CC(C(=O)CCC1(O)COC1)(c1ccccc1)n1ccc2c1nc(N)n1nc(-c3ccco3)nc21. The fraction of sp³-hybridized carbons (Fsp3) is 0.280. The zero-order valence-corrected chi connectivity index (χ0v) is 19.1. The summed E-state index contributed by atoms with van der Waals surface area (Å²) in [6.45, 7) is 2.36. The van der Waals surface area contributed by atoms with Gasteiger partial charge < -0.3 is 24.6 Å². The Balaban J connectivity index is 1.50. The van der Waals surface area contributed by atoms with Gasteiger partial charge in [0, 0.05) is 12.6 Å². The first-order chi connectivity index (χ1) is 16.9. The molecule has 10 heteroatoms. The fourth-order valence-corrected chi connectivity index (χ4v) is 4.65. The fourth-order valence-electron chi connectivity index (χ4n) is 4.65. The molecular weight excluding hydrogens is 448 g/mol. The second-order valence-electron chi connectivity index (χ2n) is 9.12. The van der Waals surface area contributed by atoms with Gasteiger partial charge in [-0.05, 0) is 37.1 Å². The molecular formula is C25H24N6O4. The Kier molecular flexibility index (Phi) is 4.77. The first-order valence-corrected chi connectivity index (χ1v) is 11.4. The predicted molar refractivity (Wildman–Crippen MR) is 128 cm³/mol. The van der Waals surface area contributed by atoms with Gasteiger partial charge in [0.25, 0.3) is 0 Å². The summed E-state index contributed by atoms with van der Waals surface area (Å²) in [4.78, 5) is 23.1. The molecule has 0 spiro atoms. The first-order valence-electron chi connectivity index (χ1n) is 11.4. The lowest BCUT2D eigenvalue weighted by Gasteiger charge is -2.37. The minimum absolute atomic E-state index is 0.0560. The quantitative estimate of drug-likeness (QED) is 0.369. The monoisotopic (exact) mass is 472 g/mol. The summed E-state index contributed by atoms with van der Waals surface area (Å²) in [5, 5.41) is 15.6. The number of aromatic nitrogens is 5. The molecule has 1 fully saturated rings. The molecule has 3 N–H and O–H groups in total. The summed E-state index contributed by atoms with van der Waals surface area (Å²) >= 11 is 0. The van der Waals surface area contributed by atoms with E-state index in [9.17, 15) is 9.90 Å². The second kappa shape index (κ2) is 7.76. The number of Topliss-reactive ketones (excluding diaryl/α,β-unsaturated/α-hetero) is 1. The minimum Gasteiger partial charge on any atom is -0.461 e. The van der Waals surface area contributed by atoms with Crippen molar-refractivity contribution in [1.29, 1.82) is 0 Å². The standard InChI is InChI=1S/C25H24N6O4/c1-24(16-6-3-2-4-7-16,19(32)9-11-25(33)14-34-15-25)30-12-10-17-21(30)28-23(26)31-22(17)27-20(29-31)18-8-5-13-35-18/h2-8,10,12-13,33H,9,11,14-15H2,1H3,(H2,26,28). The van der Waals surface area contributed by atoms with E-state index in [0.29, 0.717) is 34.7 Å². The molecule has 1 atom stereocenters. The Morgan fingerprint density at radius 3 is 2.63 bits per heavy atom. The van der Waals surface area contributed by atoms with Gasteiger partial charge >= 0.3 is 0 Å². The van der Waals surface area contributed by atoms with E-state index in [-0.39, 0.29) is 31.4 Å². The number of nitrogens with zero attached hydrogens (tertiary/aromatic N) is 5. The van der Waals surface area contributed by atoms with Crippen molar-refractivity contribution >= 4 is 28.4 Å². The zero-order chi connectivity index (χ0) is 24.2. The van der Waals surface area contributed by atoms with Crippen LogP contribution in [0.1, 0.15) is 25.3 Å². The molecule has 1 aliphatic rings. The smallest absolute Gasteiger partial charge is 0.225 e. The third kappa shape index (κ3) is 3.33. The first kappa shape index (κ1) is 21.5. The number of anilines is 1. The van der Waals surface area contributed by atoms with Crippen molar-refractivity contribution in [2.24, 2.45) is 0 Å². The lowest BCUT2D eigenvalue weighted by molar-refractivity contribution is -0.182. The van der Waals surface area contributed by atoms with E-state index < -0.39 is 11.1 Å². The van der Waals surface area contributed by atoms with Crippen LogP contribution in [0.5, 0.6) is 0 Å². The number of nitrogens with two attached hydrogens (primary N) is 1. The third-order valence-corrected chi connectivity index (χ3v) is 6.81. The van der Waals surface area contributed by atoms with E-state index in [1.165, 1.54) is 4.52 Å². The molecule has 178 valence electrons. The molecule has 35 heavy (non-hydrogen) atoms. The number of aliphatic hydroxyl groups is 1. The maximum atomic E-state index is 13.8. The van der Waals surface area contributed by atoms with Gasteiger partial charge in [-0.2, -0.15) is 9.50 Å². The van der Waals surface area contributed by atoms with Gasteiger partial charge in [0.15, 0.2) is 17.2 Å². The average molecular weight is 473 g/mol. The number of carbonyl (C=O) groups is 1. The highest BCUT2D eigenvalue weighted by molar-refractivity contribution is 5.96. The normalized spacial score (nSPS) is 16.9. The Bertz CT molecular complexity index is 1530. The summed E-state index contributed by atoms with van der Waals surface area (Å²) in [5.41, 5.74) is 6.08. The van der Waals surface area contributed by atoms with E-state index in [1.54, 1.807) is 18.4 Å². The number of carbonyl (C=O) groups excluding carboxylic acids is 1. The van der Waals surface area contributed by atoms with Crippen molar-refractivity contribution in [2.75, 3.05) is 18.9 Å². The van der Waals surface area contributed by atoms with Crippen molar-refractivity contribution in [3.8, 4) is 11.6 Å². The number of rotatable bonds is 7. The number of ketones is 1. The summed E-state index contributed by atoms with van der Waals surface area (Å²) in [5.74, 6) is 0.991. The van der Waals surface area contributed by atoms with Crippen molar-refractivity contribution in [3.05, 3.63) is 66.6 Å². The lowest BCUT2D eigenvalue weighted by Crippen LogP contribution is -2.50. The van der Waals surface area contributed by atoms with Crippen LogP contribution in [0, 0.1) is 0 Å². The van der Waals surface area contributed by atoms with Crippen LogP contribution >= 0.6 is 0 Å². The Morgan fingerprint density at radius 1 is 1.14 bits per heavy atom. The topological polar surface area (TPSA) is 134 Å². The van der Waals surface area contributed by atoms with Crippen LogP contribution in [0.4, 0.5) is 5.95 Å². The third-order valence-electron chi connectivity index (χ3n) is 6.81. The highest BCUT2D eigenvalue weighted by atomic mass is 16.5. The Morgan fingerprint density at radius 2 is 1.94 bits per heavy atom. The van der Waals surface area contributed by atoms with Crippen molar-refractivity contribution in [3.63, 3.8) is 0 Å². The van der Waals surface area contributed by atoms with E-state index in [2.05, 4.69) is 15.1 Å². The molecule has 0 aliphatic carbocycles. The lowest BCUT2D eigenvalue weighted by atomic mass is 9.82. The number of fused-ring (bicyclic) bond motifs is 3. The highest BCUT2D eigenvalue weighted by Crippen LogP contribution is 2.35. The van der Waals surface area contributed by atoms with E-state index in [4.69, 9.17) is 14.9 Å². The van der Waals surface area contributed by atoms with Gasteiger partial charge in [-0.1, -0.05) is 30.3 Å². The second-order valence-corrected chi connectivity index (χ2v) is 9.12. The molecule has 1 unspecified atom stereocenters. The molecule has 0 radical (unpaired) electrons. The molecule has 6 rings (SSSR count). The molecule has 5 aromatic rings. The average Bonchev–Trinajstić information content (AvgIpc) is 3.60. The molecule has 1 saturated heterocycles. The number of nitrogen functional groups attached to an aromatic ring is 1. The van der Waals surface area contributed by atoms with Gasteiger partial charge in [-0.3, -0.25) is 4.79 Å². The summed E-state index contributed by atoms with van der Waals surface area (Å²) in [6, 6.07) is 14.9. The summed E-state index contributed by atoms with van der Waals surface area (Å²) in [7, 11) is 0. The van der Waals surface area contributed by atoms with E-state index >= 15 is 0 Å². The van der Waals surface area contributed by atoms with Gasteiger partial charge in [-0.25, -0.2) is 4.98 Å².